The van der Waals surface area contributed by atoms with Crippen LogP contribution in [0.2, 0.25) is 0 Å². The van der Waals surface area contributed by atoms with Gasteiger partial charge in [-0.25, -0.2) is 0 Å². The second kappa shape index (κ2) is 6.76. The molecule has 0 bridgehead atoms. The van der Waals surface area contributed by atoms with Crippen LogP contribution in [0.1, 0.15) is 90.0 Å². The summed E-state index contributed by atoms with van der Waals surface area (Å²) in [7, 11) is 0. The van der Waals surface area contributed by atoms with E-state index in [4.69, 9.17) is 0 Å². The summed E-state index contributed by atoms with van der Waals surface area (Å²) in [4.78, 5) is 0. The molecule has 0 heterocycles. The van der Waals surface area contributed by atoms with Crippen LogP contribution in [0.5, 0.6) is 0 Å². The molecule has 0 spiro atoms. The molecular formula is C19H33N. The van der Waals surface area contributed by atoms with E-state index in [0.717, 1.165) is 6.54 Å². The summed E-state index contributed by atoms with van der Waals surface area (Å²) in [6.45, 7) is 19.3. The molecule has 0 aliphatic heterocycles. The Balaban J connectivity index is 3.34. The summed E-state index contributed by atoms with van der Waals surface area (Å²) in [5.74, 6) is 1.15. The first-order valence-electron chi connectivity index (χ1n) is 8.05. The molecule has 0 saturated carbocycles. The second-order valence-corrected chi connectivity index (χ2v) is 7.55. The first-order valence-corrected chi connectivity index (χ1v) is 8.05. The molecule has 1 atom stereocenters. The minimum absolute atomic E-state index is 0.221. The third-order valence-corrected chi connectivity index (χ3v) is 3.98. The lowest BCUT2D eigenvalue weighted by Gasteiger charge is -2.34. The number of hydrogen-bond acceptors (Lipinski definition) is 1. The van der Waals surface area contributed by atoms with Gasteiger partial charge in [0.15, 0.2) is 0 Å². The quantitative estimate of drug-likeness (QED) is 0.734. The molecule has 1 rings (SSSR count). The van der Waals surface area contributed by atoms with Gasteiger partial charge in [-0.2, -0.15) is 0 Å². The second-order valence-electron chi connectivity index (χ2n) is 7.55. The summed E-state index contributed by atoms with van der Waals surface area (Å²) in [5, 5.41) is 3.68. The van der Waals surface area contributed by atoms with Crippen LogP contribution in [-0.2, 0) is 0 Å². The van der Waals surface area contributed by atoms with Crippen molar-refractivity contribution in [3.8, 4) is 0 Å². The van der Waals surface area contributed by atoms with Crippen LogP contribution in [0.15, 0.2) is 18.2 Å². The van der Waals surface area contributed by atoms with Crippen LogP contribution in [-0.4, -0.2) is 6.54 Å². The van der Waals surface area contributed by atoms with Gasteiger partial charge in [0.25, 0.3) is 0 Å². The highest BCUT2D eigenvalue weighted by Gasteiger charge is 2.28. The molecule has 1 aromatic rings. The number of rotatable bonds is 5. The van der Waals surface area contributed by atoms with Gasteiger partial charge in [0.1, 0.15) is 0 Å². The van der Waals surface area contributed by atoms with Crippen LogP contribution in [0, 0.1) is 5.41 Å². The van der Waals surface area contributed by atoms with Gasteiger partial charge in [0.05, 0.1) is 0 Å². The Labute approximate surface area is 126 Å². The van der Waals surface area contributed by atoms with Crippen LogP contribution >= 0.6 is 0 Å². The molecule has 114 valence electrons. The van der Waals surface area contributed by atoms with E-state index < -0.39 is 0 Å². The maximum absolute atomic E-state index is 3.68. The Morgan fingerprint density at radius 2 is 1.55 bits per heavy atom. The van der Waals surface area contributed by atoms with E-state index in [2.05, 4.69) is 78.9 Å². The van der Waals surface area contributed by atoms with Crippen molar-refractivity contribution in [1.82, 2.24) is 5.32 Å². The molecule has 0 aliphatic carbocycles. The molecule has 1 heteroatoms. The molecule has 0 aliphatic rings. The van der Waals surface area contributed by atoms with Crippen LogP contribution in [0.25, 0.3) is 0 Å². The van der Waals surface area contributed by atoms with Crippen LogP contribution in [0.3, 0.4) is 0 Å². The molecule has 0 fully saturated rings. The van der Waals surface area contributed by atoms with E-state index in [1.54, 1.807) is 0 Å². The van der Waals surface area contributed by atoms with Crippen LogP contribution in [0.4, 0.5) is 0 Å². The molecule has 0 saturated heterocycles. The van der Waals surface area contributed by atoms with Crippen molar-refractivity contribution in [2.45, 2.75) is 73.3 Å². The highest BCUT2D eigenvalue weighted by Crippen LogP contribution is 2.37. The van der Waals surface area contributed by atoms with E-state index in [1.807, 2.05) is 0 Å². The molecule has 20 heavy (non-hydrogen) atoms. The fraction of sp³-hybridized carbons (Fsp3) is 0.684. The van der Waals surface area contributed by atoms with E-state index >= 15 is 0 Å². The van der Waals surface area contributed by atoms with Gasteiger partial charge in [-0.15, -0.1) is 0 Å². The van der Waals surface area contributed by atoms with Crippen molar-refractivity contribution in [1.29, 1.82) is 0 Å². The van der Waals surface area contributed by atoms with E-state index in [0.29, 0.717) is 17.9 Å². The molecule has 1 N–H and O–H groups in total. The maximum Gasteiger partial charge on any atom is 0.0371 e. The van der Waals surface area contributed by atoms with E-state index in [1.165, 1.54) is 16.7 Å². The SMILES string of the molecule is CCNC(c1ccc(C(C)C)cc1C(C)C)C(C)(C)C. The topological polar surface area (TPSA) is 12.0 Å². The molecule has 1 aromatic carbocycles. The lowest BCUT2D eigenvalue weighted by molar-refractivity contribution is 0.275. The monoisotopic (exact) mass is 275 g/mol. The van der Waals surface area contributed by atoms with Gasteiger partial charge in [-0.05, 0) is 40.5 Å². The Hall–Kier alpha value is -0.820. The third-order valence-electron chi connectivity index (χ3n) is 3.98. The molecule has 0 radical (unpaired) electrons. The van der Waals surface area contributed by atoms with Crippen molar-refractivity contribution in [2.24, 2.45) is 5.41 Å². The third kappa shape index (κ3) is 4.09. The molecule has 0 amide bonds. The smallest absolute Gasteiger partial charge is 0.0371 e. The van der Waals surface area contributed by atoms with Crippen molar-refractivity contribution < 1.29 is 0 Å². The lowest BCUT2D eigenvalue weighted by atomic mass is 9.78. The minimum Gasteiger partial charge on any atom is -0.310 e. The van der Waals surface area contributed by atoms with Crippen molar-refractivity contribution in [3.63, 3.8) is 0 Å². The zero-order valence-corrected chi connectivity index (χ0v) is 14.7. The van der Waals surface area contributed by atoms with Gasteiger partial charge >= 0.3 is 0 Å². The van der Waals surface area contributed by atoms with Gasteiger partial charge in [0.2, 0.25) is 0 Å². The van der Waals surface area contributed by atoms with Crippen molar-refractivity contribution in [3.05, 3.63) is 34.9 Å². The van der Waals surface area contributed by atoms with Gasteiger partial charge < -0.3 is 5.32 Å². The first kappa shape index (κ1) is 17.2. The lowest BCUT2D eigenvalue weighted by Crippen LogP contribution is -2.33. The van der Waals surface area contributed by atoms with E-state index in [9.17, 15) is 0 Å². The fourth-order valence-electron chi connectivity index (χ4n) is 2.80. The van der Waals surface area contributed by atoms with Gasteiger partial charge in [-0.3, -0.25) is 0 Å². The summed E-state index contributed by atoms with van der Waals surface area (Å²) in [5.41, 5.74) is 4.64. The first-order chi connectivity index (χ1) is 9.18. The maximum atomic E-state index is 3.68. The highest BCUT2D eigenvalue weighted by molar-refractivity contribution is 5.38. The predicted molar refractivity (Wildman–Crippen MR) is 90.5 cm³/mol. The molecular weight excluding hydrogens is 242 g/mol. The largest absolute Gasteiger partial charge is 0.310 e. The van der Waals surface area contributed by atoms with Crippen LogP contribution < -0.4 is 5.32 Å². The van der Waals surface area contributed by atoms with Gasteiger partial charge in [-0.1, -0.05) is 73.6 Å². The Bertz CT molecular complexity index is 424. The van der Waals surface area contributed by atoms with Crippen molar-refractivity contribution in [2.75, 3.05) is 6.54 Å². The zero-order chi connectivity index (χ0) is 15.5. The molecule has 0 aromatic heterocycles. The molecule has 1 nitrogen and oxygen atoms in total. The molecule has 1 unspecified atom stereocenters. The fourth-order valence-corrected chi connectivity index (χ4v) is 2.80. The summed E-state index contributed by atoms with van der Waals surface area (Å²) in [6.07, 6.45) is 0. The zero-order valence-electron chi connectivity index (χ0n) is 14.7. The minimum atomic E-state index is 0.221. The highest BCUT2D eigenvalue weighted by atomic mass is 14.9. The summed E-state index contributed by atoms with van der Waals surface area (Å²) in [6, 6.07) is 7.48. The summed E-state index contributed by atoms with van der Waals surface area (Å²) >= 11 is 0. The van der Waals surface area contributed by atoms with Crippen molar-refractivity contribution >= 4 is 0 Å². The number of benzene rings is 1. The Morgan fingerprint density at radius 1 is 0.950 bits per heavy atom. The number of nitrogens with one attached hydrogen (secondary N) is 1. The normalized spacial score (nSPS) is 14.1. The number of hydrogen-bond donors (Lipinski definition) is 1. The van der Waals surface area contributed by atoms with Gasteiger partial charge in [0, 0.05) is 6.04 Å². The summed E-state index contributed by atoms with van der Waals surface area (Å²) < 4.78 is 0. The van der Waals surface area contributed by atoms with E-state index in [-0.39, 0.29) is 5.41 Å². The average molecular weight is 275 g/mol. The Morgan fingerprint density at radius 3 is 1.95 bits per heavy atom. The Kier molecular flexibility index (Phi) is 5.82. The average Bonchev–Trinajstić information content (AvgIpc) is 2.33. The predicted octanol–water partition coefficient (Wildman–Crippen LogP) is 5.63. The standard InChI is InChI=1S/C19H33N/c1-9-20-18(19(6,7)8)16-11-10-15(13(2)3)12-17(16)14(4)5/h10-14,18,20H,9H2,1-8H3.